The van der Waals surface area contributed by atoms with Crippen LogP contribution in [0, 0.1) is 0 Å². The molecule has 1 aliphatic heterocycles. The van der Waals surface area contributed by atoms with Crippen molar-refractivity contribution in [3.63, 3.8) is 0 Å². The fourth-order valence-corrected chi connectivity index (χ4v) is 2.86. The zero-order valence-corrected chi connectivity index (χ0v) is 13.9. The molecule has 0 bridgehead atoms. The summed E-state index contributed by atoms with van der Waals surface area (Å²) in [7, 11) is 0. The minimum absolute atomic E-state index is 0.539. The Labute approximate surface area is 151 Å². The minimum atomic E-state index is -1.70. The third kappa shape index (κ3) is 3.00. The molecule has 4 rings (SSSR count). The summed E-state index contributed by atoms with van der Waals surface area (Å²) in [5.41, 5.74) is 2.64. The Morgan fingerprint density at radius 2 is 1.38 bits per heavy atom. The lowest BCUT2D eigenvalue weighted by Gasteiger charge is -2.24. The summed E-state index contributed by atoms with van der Waals surface area (Å²) < 4.78 is 0. The Balaban J connectivity index is 1.75. The summed E-state index contributed by atoms with van der Waals surface area (Å²) in [6.45, 7) is 0. The maximum absolute atomic E-state index is 11.2. The van der Waals surface area contributed by atoms with Crippen molar-refractivity contribution in [2.75, 3.05) is 0 Å². The Morgan fingerprint density at radius 1 is 0.808 bits per heavy atom. The minimum Gasteiger partial charge on any atom is -0.352 e. The number of nitrogens with zero attached hydrogens (tertiary/aromatic N) is 3. The number of azo groups is 1. The van der Waals surface area contributed by atoms with E-state index in [0.29, 0.717) is 17.0 Å². The molecule has 0 aromatic heterocycles. The molecule has 5 nitrogen and oxygen atoms in total. The zero-order valence-electron chi connectivity index (χ0n) is 13.9. The molecule has 0 saturated heterocycles. The molecule has 0 radical (unpaired) electrons. The molecule has 128 valence electrons. The van der Waals surface area contributed by atoms with E-state index < -0.39 is 11.8 Å². The van der Waals surface area contributed by atoms with Gasteiger partial charge in [0.15, 0.2) is 6.04 Å². The van der Waals surface area contributed by atoms with Crippen molar-refractivity contribution >= 4 is 11.4 Å². The normalized spacial score (nSPS) is 22.2. The van der Waals surface area contributed by atoms with Crippen LogP contribution in [-0.4, -0.2) is 16.9 Å². The quantitative estimate of drug-likeness (QED) is 0.713. The van der Waals surface area contributed by atoms with Gasteiger partial charge in [-0.2, -0.15) is 10.2 Å². The molecular formula is C21H17N3O2. The molecule has 0 amide bonds. The predicted molar refractivity (Wildman–Crippen MR) is 99.1 cm³/mol. The molecule has 2 atom stereocenters. The summed E-state index contributed by atoms with van der Waals surface area (Å²) in [6, 6.07) is 27.3. The molecule has 3 aromatic rings. The van der Waals surface area contributed by atoms with E-state index in [2.05, 4.69) is 15.4 Å². The van der Waals surface area contributed by atoms with Crippen LogP contribution in [-0.2, 0) is 10.6 Å². The van der Waals surface area contributed by atoms with Crippen molar-refractivity contribution < 1.29 is 9.94 Å². The first kappa shape index (κ1) is 16.2. The van der Waals surface area contributed by atoms with E-state index in [4.69, 9.17) is 4.84 Å². The standard InChI is InChI=1S/C21H17N3O2/c25-21(17-12-6-2-7-13-17)20(23-22-18-14-8-3-9-15-18)19(24-26-21)16-10-4-1-5-11-16/h1-15,20,25H. The molecule has 0 spiro atoms. The van der Waals surface area contributed by atoms with Gasteiger partial charge in [-0.25, -0.2) is 0 Å². The lowest BCUT2D eigenvalue weighted by Crippen LogP contribution is -2.39. The first-order valence-electron chi connectivity index (χ1n) is 8.33. The van der Waals surface area contributed by atoms with Gasteiger partial charge in [0.1, 0.15) is 5.71 Å². The smallest absolute Gasteiger partial charge is 0.291 e. The molecule has 1 heterocycles. The fraction of sp³-hybridized carbons (Fsp3) is 0.0952. The third-order valence-corrected chi connectivity index (χ3v) is 4.21. The number of aliphatic hydroxyl groups is 1. The van der Waals surface area contributed by atoms with Crippen molar-refractivity contribution in [3.05, 3.63) is 102 Å². The van der Waals surface area contributed by atoms with Crippen molar-refractivity contribution in [3.8, 4) is 0 Å². The highest BCUT2D eigenvalue weighted by Crippen LogP contribution is 2.37. The summed E-state index contributed by atoms with van der Waals surface area (Å²) in [5, 5.41) is 24.1. The van der Waals surface area contributed by atoms with E-state index >= 15 is 0 Å². The van der Waals surface area contributed by atoms with E-state index in [-0.39, 0.29) is 0 Å². The largest absolute Gasteiger partial charge is 0.352 e. The molecule has 0 saturated carbocycles. The van der Waals surface area contributed by atoms with Crippen LogP contribution in [0.2, 0.25) is 0 Å². The van der Waals surface area contributed by atoms with Gasteiger partial charge < -0.3 is 9.94 Å². The molecule has 3 aromatic carbocycles. The summed E-state index contributed by atoms with van der Waals surface area (Å²) >= 11 is 0. The van der Waals surface area contributed by atoms with Gasteiger partial charge in [0.25, 0.3) is 5.79 Å². The maximum atomic E-state index is 11.2. The van der Waals surface area contributed by atoms with Crippen LogP contribution in [0.4, 0.5) is 5.69 Å². The molecular weight excluding hydrogens is 326 g/mol. The number of oxime groups is 1. The number of benzene rings is 3. The highest BCUT2D eigenvalue weighted by atomic mass is 16.7. The van der Waals surface area contributed by atoms with Gasteiger partial charge in [-0.1, -0.05) is 84.0 Å². The number of rotatable bonds is 4. The van der Waals surface area contributed by atoms with Crippen LogP contribution < -0.4 is 0 Å². The van der Waals surface area contributed by atoms with Gasteiger partial charge >= 0.3 is 0 Å². The molecule has 26 heavy (non-hydrogen) atoms. The highest BCUT2D eigenvalue weighted by Gasteiger charge is 2.50. The van der Waals surface area contributed by atoms with Crippen LogP contribution in [0.3, 0.4) is 0 Å². The lowest BCUT2D eigenvalue weighted by atomic mass is 9.92. The fourth-order valence-electron chi connectivity index (χ4n) is 2.86. The van der Waals surface area contributed by atoms with Crippen molar-refractivity contribution in [1.29, 1.82) is 0 Å². The predicted octanol–water partition coefficient (Wildman–Crippen LogP) is 4.42. The van der Waals surface area contributed by atoms with Crippen LogP contribution in [0.25, 0.3) is 0 Å². The molecule has 1 N–H and O–H groups in total. The molecule has 0 fully saturated rings. The Bertz CT molecular complexity index is 927. The molecule has 5 heteroatoms. The van der Waals surface area contributed by atoms with Gasteiger partial charge in [-0.15, -0.1) is 0 Å². The number of hydrogen-bond acceptors (Lipinski definition) is 5. The van der Waals surface area contributed by atoms with E-state index in [0.717, 1.165) is 5.56 Å². The lowest BCUT2D eigenvalue weighted by molar-refractivity contribution is -0.201. The van der Waals surface area contributed by atoms with E-state index in [1.54, 1.807) is 12.1 Å². The molecule has 1 aliphatic rings. The van der Waals surface area contributed by atoms with Crippen molar-refractivity contribution in [2.24, 2.45) is 15.4 Å². The van der Waals surface area contributed by atoms with Gasteiger partial charge in [0, 0.05) is 11.1 Å². The average Bonchev–Trinajstić information content (AvgIpc) is 3.06. The van der Waals surface area contributed by atoms with E-state index in [1.807, 2.05) is 78.9 Å². The monoisotopic (exact) mass is 343 g/mol. The Hall–Kier alpha value is -3.31. The second-order valence-corrected chi connectivity index (χ2v) is 5.95. The van der Waals surface area contributed by atoms with Crippen LogP contribution >= 0.6 is 0 Å². The molecule has 0 aliphatic carbocycles. The summed E-state index contributed by atoms with van der Waals surface area (Å²) in [6.07, 6.45) is 0. The van der Waals surface area contributed by atoms with Gasteiger partial charge in [0.05, 0.1) is 5.69 Å². The third-order valence-electron chi connectivity index (χ3n) is 4.21. The van der Waals surface area contributed by atoms with Crippen LogP contribution in [0.15, 0.2) is 106 Å². The Morgan fingerprint density at radius 3 is 2.04 bits per heavy atom. The zero-order chi connectivity index (χ0) is 17.8. The van der Waals surface area contributed by atoms with Gasteiger partial charge in [0.2, 0.25) is 0 Å². The SMILES string of the molecule is OC1(c2ccccc2)ON=C(c2ccccc2)C1N=Nc1ccccc1. The summed E-state index contributed by atoms with van der Waals surface area (Å²) in [4.78, 5) is 5.48. The van der Waals surface area contributed by atoms with E-state index in [1.165, 1.54) is 0 Å². The van der Waals surface area contributed by atoms with Crippen molar-refractivity contribution in [2.45, 2.75) is 11.8 Å². The number of hydrogen-bond donors (Lipinski definition) is 1. The van der Waals surface area contributed by atoms with Gasteiger partial charge in [-0.3, -0.25) is 0 Å². The maximum Gasteiger partial charge on any atom is 0.291 e. The Kier molecular flexibility index (Phi) is 4.29. The summed E-state index contributed by atoms with van der Waals surface area (Å²) in [5.74, 6) is -1.70. The van der Waals surface area contributed by atoms with Crippen molar-refractivity contribution in [1.82, 2.24) is 0 Å². The van der Waals surface area contributed by atoms with Gasteiger partial charge in [-0.05, 0) is 12.1 Å². The molecule has 2 unspecified atom stereocenters. The first-order chi connectivity index (χ1) is 12.8. The topological polar surface area (TPSA) is 66.5 Å². The second-order valence-electron chi connectivity index (χ2n) is 5.95. The first-order valence-corrected chi connectivity index (χ1v) is 8.33. The van der Waals surface area contributed by atoms with Crippen LogP contribution in [0.1, 0.15) is 11.1 Å². The van der Waals surface area contributed by atoms with E-state index in [9.17, 15) is 5.11 Å². The second kappa shape index (κ2) is 6.90. The van der Waals surface area contributed by atoms with Crippen LogP contribution in [0.5, 0.6) is 0 Å². The highest BCUT2D eigenvalue weighted by molar-refractivity contribution is 6.05. The average molecular weight is 343 g/mol.